The maximum Gasteiger partial charge on any atom is 0.245 e. The van der Waals surface area contributed by atoms with Crippen LogP contribution in [0.25, 0.3) is 10.9 Å². The Morgan fingerprint density at radius 3 is 2.50 bits per heavy atom. The van der Waals surface area contributed by atoms with Crippen molar-refractivity contribution < 1.29 is 23.5 Å². The van der Waals surface area contributed by atoms with Crippen LogP contribution in [-0.2, 0) is 16.1 Å². The minimum absolute atomic E-state index is 0.0636. The normalized spacial score (nSPS) is 20.8. The van der Waals surface area contributed by atoms with Crippen LogP contribution in [0, 0.1) is 11.7 Å². The molecule has 2 heterocycles. The molecule has 4 atom stereocenters. The molecule has 2 amide bonds. The van der Waals surface area contributed by atoms with Crippen molar-refractivity contribution in [2.24, 2.45) is 5.92 Å². The summed E-state index contributed by atoms with van der Waals surface area (Å²) in [7, 11) is 1.73. The van der Waals surface area contributed by atoms with Crippen LogP contribution in [0.1, 0.15) is 62.7 Å². The van der Waals surface area contributed by atoms with Crippen molar-refractivity contribution in [1.82, 2.24) is 20.1 Å². The van der Waals surface area contributed by atoms with E-state index >= 15 is 0 Å². The van der Waals surface area contributed by atoms with Gasteiger partial charge >= 0.3 is 0 Å². The van der Waals surface area contributed by atoms with E-state index in [-0.39, 0.29) is 35.7 Å². The molecule has 2 fully saturated rings. The number of likely N-dealkylation sites (tertiary alicyclic amines) is 1. The van der Waals surface area contributed by atoms with Gasteiger partial charge in [-0.3, -0.25) is 14.4 Å². The lowest BCUT2D eigenvalue weighted by atomic mass is 9.83. The van der Waals surface area contributed by atoms with Gasteiger partial charge < -0.3 is 24.8 Å². The summed E-state index contributed by atoms with van der Waals surface area (Å²) in [6.45, 7) is 4.05. The second-order valence-corrected chi connectivity index (χ2v) is 11.7. The van der Waals surface area contributed by atoms with Crippen LogP contribution < -0.4 is 15.4 Å². The number of ether oxygens (including phenoxy) is 1. The average molecular weight is 577 g/mol. The quantitative estimate of drug-likeness (QED) is 0.341. The Bertz CT molecular complexity index is 1420. The Balaban J connectivity index is 1.47. The van der Waals surface area contributed by atoms with Gasteiger partial charge in [-0.2, -0.15) is 0 Å². The first-order chi connectivity index (χ1) is 20.2. The molecule has 8 nitrogen and oxygen atoms in total. The zero-order valence-electron chi connectivity index (χ0n) is 24.6. The lowest BCUT2D eigenvalue weighted by molar-refractivity contribution is -0.139. The Kier molecular flexibility index (Phi) is 9.26. The van der Waals surface area contributed by atoms with Crippen molar-refractivity contribution in [3.05, 3.63) is 66.1 Å². The van der Waals surface area contributed by atoms with Crippen LogP contribution in [0.5, 0.6) is 5.75 Å². The molecular formula is C33H41FN4O4. The second kappa shape index (κ2) is 13.1. The van der Waals surface area contributed by atoms with Gasteiger partial charge in [0.25, 0.3) is 0 Å². The molecule has 5 rings (SSSR count). The number of aromatic nitrogens is 1. The molecule has 2 aromatic carbocycles. The Morgan fingerprint density at radius 1 is 1.07 bits per heavy atom. The number of carbonyl (C=O) groups is 3. The molecule has 42 heavy (non-hydrogen) atoms. The molecule has 0 spiro atoms. The zero-order valence-corrected chi connectivity index (χ0v) is 24.6. The topological polar surface area (TPSA) is 92.7 Å². The molecule has 2 aliphatic rings. The molecule has 1 saturated carbocycles. The first-order valence-corrected chi connectivity index (χ1v) is 15.0. The number of para-hydroxylation sites is 1. The van der Waals surface area contributed by atoms with Gasteiger partial charge in [0.15, 0.2) is 5.78 Å². The number of carbonyl (C=O) groups excluding carboxylic acids is 3. The molecule has 4 unspecified atom stereocenters. The van der Waals surface area contributed by atoms with Gasteiger partial charge in [-0.05, 0) is 70.0 Å². The third-order valence-corrected chi connectivity index (χ3v) is 8.85. The Hall–Kier alpha value is -3.72. The molecule has 1 aliphatic heterocycles. The molecule has 224 valence electrons. The third-order valence-electron chi connectivity index (χ3n) is 8.85. The van der Waals surface area contributed by atoms with E-state index in [1.165, 1.54) is 19.1 Å². The highest BCUT2D eigenvalue weighted by atomic mass is 19.1. The van der Waals surface area contributed by atoms with E-state index in [4.69, 9.17) is 4.74 Å². The monoisotopic (exact) mass is 576 g/mol. The number of nitrogens with one attached hydrogen (secondary N) is 2. The molecule has 3 aromatic rings. The van der Waals surface area contributed by atoms with Crippen molar-refractivity contribution in [3.63, 3.8) is 0 Å². The van der Waals surface area contributed by atoms with Gasteiger partial charge in [0.05, 0.1) is 18.6 Å². The van der Waals surface area contributed by atoms with E-state index < -0.39 is 17.9 Å². The van der Waals surface area contributed by atoms with Crippen LogP contribution in [-0.4, -0.2) is 64.9 Å². The molecule has 2 N–H and O–H groups in total. The fourth-order valence-corrected chi connectivity index (χ4v) is 6.46. The predicted octanol–water partition coefficient (Wildman–Crippen LogP) is 4.70. The first kappa shape index (κ1) is 29.8. The van der Waals surface area contributed by atoms with E-state index in [1.54, 1.807) is 26.2 Å². The summed E-state index contributed by atoms with van der Waals surface area (Å²) < 4.78 is 22.4. The fourth-order valence-electron chi connectivity index (χ4n) is 6.46. The highest BCUT2D eigenvalue weighted by Gasteiger charge is 2.42. The van der Waals surface area contributed by atoms with Gasteiger partial charge in [0, 0.05) is 35.6 Å². The van der Waals surface area contributed by atoms with E-state index in [1.807, 2.05) is 39.8 Å². The van der Waals surface area contributed by atoms with Crippen LogP contribution in [0.3, 0.4) is 0 Å². The van der Waals surface area contributed by atoms with Crippen LogP contribution in [0.4, 0.5) is 4.39 Å². The summed E-state index contributed by atoms with van der Waals surface area (Å²) in [5.41, 5.74) is 1.19. The van der Waals surface area contributed by atoms with Crippen molar-refractivity contribution in [3.8, 4) is 5.75 Å². The van der Waals surface area contributed by atoms with Crippen molar-refractivity contribution in [2.75, 3.05) is 13.6 Å². The number of nitrogens with zero attached hydrogens (tertiary/aromatic N) is 2. The predicted molar refractivity (Wildman–Crippen MR) is 160 cm³/mol. The minimum atomic E-state index is -0.630. The summed E-state index contributed by atoms with van der Waals surface area (Å²) in [6.07, 6.45) is 7.09. The maximum absolute atomic E-state index is 14.4. The van der Waals surface area contributed by atoms with Crippen molar-refractivity contribution >= 4 is 28.5 Å². The molecule has 9 heteroatoms. The maximum atomic E-state index is 14.4. The first-order valence-electron chi connectivity index (χ1n) is 15.0. The standard InChI is InChI=1S/C33H41FN4O4/c1-21(35-3)32(40)36-31(23-10-6-4-7-11-23)33(41)38-19-27(42-26-12-8-5-9-13-26)17-25(38)18-37-20-29(22(2)39)28-16-24(34)14-15-30(28)37/h5,8-9,12-16,20-21,23,25,27,31,35H,4,6-7,10-11,17-19H2,1-3H3,(H,36,40). The number of amides is 2. The smallest absolute Gasteiger partial charge is 0.245 e. The molecule has 0 bridgehead atoms. The summed E-state index contributed by atoms with van der Waals surface area (Å²) in [6, 6.07) is 12.7. The van der Waals surface area contributed by atoms with Gasteiger partial charge in [-0.25, -0.2) is 4.39 Å². The molecule has 0 radical (unpaired) electrons. The van der Waals surface area contributed by atoms with Gasteiger partial charge in [-0.15, -0.1) is 0 Å². The third kappa shape index (κ3) is 6.51. The highest BCUT2D eigenvalue weighted by Crippen LogP contribution is 2.32. The Morgan fingerprint density at radius 2 is 1.81 bits per heavy atom. The van der Waals surface area contributed by atoms with Crippen LogP contribution >= 0.6 is 0 Å². The lowest BCUT2D eigenvalue weighted by Gasteiger charge is -2.35. The summed E-state index contributed by atoms with van der Waals surface area (Å²) in [5.74, 6) is -0.0490. The zero-order chi connectivity index (χ0) is 29.8. The van der Waals surface area contributed by atoms with Crippen molar-refractivity contribution in [1.29, 1.82) is 0 Å². The van der Waals surface area contributed by atoms with E-state index in [9.17, 15) is 18.8 Å². The Labute approximate surface area is 246 Å². The number of ketones is 1. The lowest BCUT2D eigenvalue weighted by Crippen LogP contribution is -2.57. The van der Waals surface area contributed by atoms with Gasteiger partial charge in [0.1, 0.15) is 23.7 Å². The molecular weight excluding hydrogens is 535 g/mol. The number of halogens is 1. The number of fused-ring (bicyclic) bond motifs is 1. The summed E-state index contributed by atoms with van der Waals surface area (Å²) >= 11 is 0. The number of rotatable bonds is 10. The van der Waals surface area contributed by atoms with Crippen molar-refractivity contribution in [2.45, 2.75) is 83.1 Å². The van der Waals surface area contributed by atoms with Crippen LogP contribution in [0.2, 0.25) is 0 Å². The number of Topliss-reactive ketones (excluding diaryl/α,β-unsaturated/α-hetero) is 1. The number of likely N-dealkylation sites (N-methyl/N-ethyl adjacent to an activating group) is 1. The van der Waals surface area contributed by atoms with Gasteiger partial charge in [-0.1, -0.05) is 37.5 Å². The number of hydrogen-bond donors (Lipinski definition) is 2. The molecule has 1 aliphatic carbocycles. The highest BCUT2D eigenvalue weighted by molar-refractivity contribution is 6.07. The number of hydrogen-bond acceptors (Lipinski definition) is 5. The largest absolute Gasteiger partial charge is 0.489 e. The second-order valence-electron chi connectivity index (χ2n) is 11.7. The number of benzene rings is 2. The molecule has 1 saturated heterocycles. The van der Waals surface area contributed by atoms with Crippen LogP contribution in [0.15, 0.2) is 54.7 Å². The molecule has 1 aromatic heterocycles. The summed E-state index contributed by atoms with van der Waals surface area (Å²) in [4.78, 5) is 41.8. The van der Waals surface area contributed by atoms with E-state index in [0.29, 0.717) is 30.5 Å². The average Bonchev–Trinajstić information content (AvgIpc) is 3.56. The van der Waals surface area contributed by atoms with Gasteiger partial charge in [0.2, 0.25) is 11.8 Å². The minimum Gasteiger partial charge on any atom is -0.489 e. The van der Waals surface area contributed by atoms with E-state index in [0.717, 1.165) is 43.4 Å². The summed E-state index contributed by atoms with van der Waals surface area (Å²) in [5, 5.41) is 6.63. The fraction of sp³-hybridized carbons (Fsp3) is 0.485. The SMILES string of the molecule is CNC(C)C(=O)NC(C(=O)N1CC(Oc2ccccc2)CC1Cn1cc(C(C)=O)c2cc(F)ccc21)C1CCCCC1. The van der Waals surface area contributed by atoms with E-state index in [2.05, 4.69) is 10.6 Å².